The summed E-state index contributed by atoms with van der Waals surface area (Å²) in [6, 6.07) is 0.746. The van der Waals surface area contributed by atoms with E-state index < -0.39 is 0 Å². The summed E-state index contributed by atoms with van der Waals surface area (Å²) in [6.45, 7) is 4.74. The topological polar surface area (TPSA) is 47.3 Å². The van der Waals surface area contributed by atoms with Gasteiger partial charge in [-0.05, 0) is 25.2 Å². The van der Waals surface area contributed by atoms with Crippen molar-refractivity contribution in [1.29, 1.82) is 0 Å². The van der Waals surface area contributed by atoms with Crippen molar-refractivity contribution < 1.29 is 4.74 Å². The van der Waals surface area contributed by atoms with E-state index in [0.29, 0.717) is 0 Å². The van der Waals surface area contributed by atoms with Crippen molar-refractivity contribution in [2.75, 3.05) is 19.8 Å². The Balaban J connectivity index is 1.63. The molecule has 14 heavy (non-hydrogen) atoms. The lowest BCUT2D eigenvalue weighted by molar-refractivity contribution is 0.177. The highest BCUT2D eigenvalue weighted by molar-refractivity contribution is 4.97. The van der Waals surface area contributed by atoms with Gasteiger partial charge in [-0.3, -0.25) is 0 Å². The van der Waals surface area contributed by atoms with Crippen LogP contribution in [0.15, 0.2) is 0 Å². The summed E-state index contributed by atoms with van der Waals surface area (Å²) in [5.74, 6) is 0.922. The Morgan fingerprint density at radius 2 is 2.43 bits per heavy atom. The summed E-state index contributed by atoms with van der Waals surface area (Å²) in [7, 11) is 0. The smallest absolute Gasteiger partial charge is 0.0659 e. The van der Waals surface area contributed by atoms with Crippen molar-refractivity contribution in [3.8, 4) is 0 Å². The Hall–Kier alpha value is -0.120. The van der Waals surface area contributed by atoms with Crippen molar-refractivity contribution in [3.63, 3.8) is 0 Å². The second kappa shape index (κ2) is 4.17. The standard InChI is InChI=1S/C11H22N2O/c1-2-3-9-6-10(9)13-7-11(12)4-5-14-8-11/h9-10,13H,2-8,12H2,1H3. The summed E-state index contributed by atoms with van der Waals surface area (Å²) < 4.78 is 5.32. The first-order valence-electron chi connectivity index (χ1n) is 5.83. The Morgan fingerprint density at radius 3 is 3.07 bits per heavy atom. The molecule has 3 heteroatoms. The van der Waals surface area contributed by atoms with Crippen molar-refractivity contribution >= 4 is 0 Å². The predicted octanol–water partition coefficient (Wildman–Crippen LogP) is 0.882. The van der Waals surface area contributed by atoms with Gasteiger partial charge >= 0.3 is 0 Å². The summed E-state index contributed by atoms with van der Waals surface area (Å²) in [5, 5.41) is 3.57. The minimum atomic E-state index is -0.0840. The first-order valence-corrected chi connectivity index (χ1v) is 5.83. The summed E-state index contributed by atoms with van der Waals surface area (Å²) in [6.07, 6.45) is 5.03. The van der Waals surface area contributed by atoms with Gasteiger partial charge in [-0.15, -0.1) is 0 Å². The molecule has 1 aliphatic carbocycles. The van der Waals surface area contributed by atoms with Crippen molar-refractivity contribution in [3.05, 3.63) is 0 Å². The van der Waals surface area contributed by atoms with Crippen LogP contribution in [0.3, 0.4) is 0 Å². The second-order valence-electron chi connectivity index (χ2n) is 4.94. The molecule has 3 N–H and O–H groups in total. The molecule has 1 saturated carbocycles. The highest BCUT2D eigenvalue weighted by Crippen LogP contribution is 2.34. The summed E-state index contributed by atoms with van der Waals surface area (Å²) in [4.78, 5) is 0. The fraction of sp³-hybridized carbons (Fsp3) is 1.00. The number of hydrogen-bond acceptors (Lipinski definition) is 3. The zero-order valence-corrected chi connectivity index (χ0v) is 9.09. The van der Waals surface area contributed by atoms with Gasteiger partial charge < -0.3 is 15.8 Å². The van der Waals surface area contributed by atoms with Crippen LogP contribution in [0, 0.1) is 5.92 Å². The molecule has 0 amide bonds. The van der Waals surface area contributed by atoms with E-state index in [2.05, 4.69) is 12.2 Å². The van der Waals surface area contributed by atoms with Crippen LogP contribution in [0.4, 0.5) is 0 Å². The largest absolute Gasteiger partial charge is 0.379 e. The third kappa shape index (κ3) is 2.47. The zero-order chi connectivity index (χ0) is 10.0. The molecule has 1 aliphatic heterocycles. The molecule has 2 rings (SSSR count). The third-order valence-electron chi connectivity index (χ3n) is 3.43. The molecule has 1 heterocycles. The van der Waals surface area contributed by atoms with E-state index in [0.717, 1.165) is 38.1 Å². The van der Waals surface area contributed by atoms with Gasteiger partial charge in [0.05, 0.1) is 12.1 Å². The van der Waals surface area contributed by atoms with Gasteiger partial charge in [-0.25, -0.2) is 0 Å². The average molecular weight is 198 g/mol. The maximum absolute atomic E-state index is 6.17. The number of ether oxygens (including phenoxy) is 1. The molecular weight excluding hydrogens is 176 g/mol. The van der Waals surface area contributed by atoms with Gasteiger partial charge in [0, 0.05) is 19.2 Å². The fourth-order valence-corrected chi connectivity index (χ4v) is 2.28. The fourth-order valence-electron chi connectivity index (χ4n) is 2.28. The Kier molecular flexibility index (Phi) is 3.10. The molecule has 82 valence electrons. The molecule has 0 spiro atoms. The molecule has 0 aromatic heterocycles. The molecule has 2 fully saturated rings. The highest BCUT2D eigenvalue weighted by atomic mass is 16.5. The lowest BCUT2D eigenvalue weighted by Gasteiger charge is -2.22. The molecular formula is C11H22N2O. The lowest BCUT2D eigenvalue weighted by Crippen LogP contribution is -2.50. The summed E-state index contributed by atoms with van der Waals surface area (Å²) >= 11 is 0. The maximum atomic E-state index is 6.17. The molecule has 0 bridgehead atoms. The number of rotatable bonds is 5. The van der Waals surface area contributed by atoms with Crippen LogP contribution in [0.1, 0.15) is 32.6 Å². The van der Waals surface area contributed by atoms with Crippen LogP contribution in [0.5, 0.6) is 0 Å². The lowest BCUT2D eigenvalue weighted by atomic mass is 10.0. The monoisotopic (exact) mass is 198 g/mol. The Labute approximate surface area is 86.4 Å². The van der Waals surface area contributed by atoms with Crippen molar-refractivity contribution in [2.45, 2.75) is 44.2 Å². The molecule has 3 nitrogen and oxygen atoms in total. The van der Waals surface area contributed by atoms with Gasteiger partial charge in [0.15, 0.2) is 0 Å². The number of hydrogen-bond donors (Lipinski definition) is 2. The first-order chi connectivity index (χ1) is 6.73. The van der Waals surface area contributed by atoms with Crippen molar-refractivity contribution in [2.24, 2.45) is 11.7 Å². The molecule has 3 unspecified atom stereocenters. The third-order valence-corrected chi connectivity index (χ3v) is 3.43. The van der Waals surface area contributed by atoms with E-state index in [9.17, 15) is 0 Å². The van der Waals surface area contributed by atoms with Gasteiger partial charge in [0.1, 0.15) is 0 Å². The molecule has 0 aromatic carbocycles. The van der Waals surface area contributed by atoms with Crippen LogP contribution in [0.2, 0.25) is 0 Å². The van der Waals surface area contributed by atoms with Crippen LogP contribution >= 0.6 is 0 Å². The first kappa shape index (κ1) is 10.4. The van der Waals surface area contributed by atoms with Gasteiger partial charge in [0.2, 0.25) is 0 Å². The maximum Gasteiger partial charge on any atom is 0.0659 e. The number of nitrogens with two attached hydrogens (primary N) is 1. The van der Waals surface area contributed by atoms with Crippen LogP contribution in [-0.2, 0) is 4.74 Å². The predicted molar refractivity (Wildman–Crippen MR) is 57.2 cm³/mol. The molecule has 3 atom stereocenters. The van der Waals surface area contributed by atoms with Gasteiger partial charge in [0.25, 0.3) is 0 Å². The molecule has 2 aliphatic rings. The van der Waals surface area contributed by atoms with E-state index in [1.54, 1.807) is 0 Å². The normalized spacial score (nSPS) is 41.6. The minimum Gasteiger partial charge on any atom is -0.379 e. The van der Waals surface area contributed by atoms with E-state index in [1.165, 1.54) is 19.3 Å². The van der Waals surface area contributed by atoms with Gasteiger partial charge in [-0.2, -0.15) is 0 Å². The van der Waals surface area contributed by atoms with E-state index >= 15 is 0 Å². The minimum absolute atomic E-state index is 0.0840. The zero-order valence-electron chi connectivity index (χ0n) is 9.09. The average Bonchev–Trinajstić information content (AvgIpc) is 2.76. The van der Waals surface area contributed by atoms with E-state index in [-0.39, 0.29) is 5.54 Å². The Bertz CT molecular complexity index is 190. The highest BCUT2D eigenvalue weighted by Gasteiger charge is 2.38. The second-order valence-corrected chi connectivity index (χ2v) is 4.94. The van der Waals surface area contributed by atoms with Gasteiger partial charge in [-0.1, -0.05) is 13.3 Å². The van der Waals surface area contributed by atoms with Crippen LogP contribution in [0.25, 0.3) is 0 Å². The SMILES string of the molecule is CCCC1CC1NCC1(N)CCOC1. The number of nitrogens with one attached hydrogen (secondary N) is 1. The van der Waals surface area contributed by atoms with Crippen LogP contribution in [-0.4, -0.2) is 31.3 Å². The van der Waals surface area contributed by atoms with Crippen molar-refractivity contribution in [1.82, 2.24) is 5.32 Å². The van der Waals surface area contributed by atoms with Crippen LogP contribution < -0.4 is 11.1 Å². The molecule has 1 saturated heterocycles. The molecule has 0 radical (unpaired) electrons. The quantitative estimate of drug-likeness (QED) is 0.689. The van der Waals surface area contributed by atoms with E-state index in [4.69, 9.17) is 10.5 Å². The van der Waals surface area contributed by atoms with E-state index in [1.807, 2.05) is 0 Å². The summed E-state index contributed by atoms with van der Waals surface area (Å²) in [5.41, 5.74) is 6.08. The Morgan fingerprint density at radius 1 is 1.57 bits per heavy atom. The molecule has 0 aromatic rings.